The van der Waals surface area contributed by atoms with Gasteiger partial charge in [0.05, 0.1) is 17.0 Å². The molecule has 2 aromatic heterocycles. The normalized spacial score (nSPS) is 13.1. The van der Waals surface area contributed by atoms with Gasteiger partial charge in [-0.05, 0) is 31.2 Å². The molecule has 0 saturated carbocycles. The van der Waals surface area contributed by atoms with Crippen LogP contribution in [0.3, 0.4) is 0 Å². The van der Waals surface area contributed by atoms with E-state index in [1.54, 1.807) is 6.20 Å². The van der Waals surface area contributed by atoms with E-state index in [0.29, 0.717) is 5.56 Å². The summed E-state index contributed by atoms with van der Waals surface area (Å²) >= 11 is 0. The highest BCUT2D eigenvalue weighted by atomic mass is 16.1. The molecule has 0 spiro atoms. The molecule has 0 aliphatic heterocycles. The van der Waals surface area contributed by atoms with E-state index >= 15 is 0 Å². The molecule has 154 valence electrons. The summed E-state index contributed by atoms with van der Waals surface area (Å²) in [5.41, 5.74) is 4.47. The Bertz CT molecular complexity index is 983. The summed E-state index contributed by atoms with van der Waals surface area (Å²) < 4.78 is 1.84. The third kappa shape index (κ3) is 4.84. The predicted octanol–water partition coefficient (Wildman–Crippen LogP) is 4.90. The van der Waals surface area contributed by atoms with Gasteiger partial charge in [-0.2, -0.15) is 5.10 Å². The topological polar surface area (TPSA) is 59.3 Å². The Kier molecular flexibility index (Phi) is 6.06. The minimum absolute atomic E-state index is 0.0705. The van der Waals surface area contributed by atoms with Gasteiger partial charge in [0.2, 0.25) is 0 Å². The number of aromatic nitrogens is 3. The van der Waals surface area contributed by atoms with E-state index in [0.717, 1.165) is 29.9 Å². The minimum atomic E-state index is -0.0866. The molecule has 29 heavy (non-hydrogen) atoms. The molecule has 1 amide bonds. The van der Waals surface area contributed by atoms with Crippen molar-refractivity contribution < 1.29 is 4.79 Å². The second kappa shape index (κ2) is 8.36. The first-order chi connectivity index (χ1) is 13.7. The number of carbonyl (C=O) groups is 1. The number of nitrogens with one attached hydrogen (secondary N) is 1. The van der Waals surface area contributed by atoms with Crippen LogP contribution < -0.4 is 5.32 Å². The van der Waals surface area contributed by atoms with Gasteiger partial charge >= 0.3 is 0 Å². The van der Waals surface area contributed by atoms with Crippen molar-refractivity contribution in [2.45, 2.75) is 71.8 Å². The molecule has 0 aliphatic carbocycles. The lowest BCUT2D eigenvalue weighted by Gasteiger charge is -2.18. The highest BCUT2D eigenvalue weighted by molar-refractivity contribution is 5.95. The fourth-order valence-electron chi connectivity index (χ4n) is 3.45. The SMILES string of the molecule is CC(C)c1c(C(=O)N[C@@H](C)CCc2ccccc2)cnc2cc(C(C)(C)C)nn12. The number of carbonyl (C=O) groups excluding carboxylic acids is 1. The number of fused-ring (bicyclic) bond motifs is 1. The molecule has 5 heteroatoms. The summed E-state index contributed by atoms with van der Waals surface area (Å²) in [6.45, 7) is 12.6. The molecule has 0 saturated heterocycles. The van der Waals surface area contributed by atoms with Crippen LogP contribution >= 0.6 is 0 Å². The number of nitrogens with zero attached hydrogens (tertiary/aromatic N) is 3. The summed E-state index contributed by atoms with van der Waals surface area (Å²) in [4.78, 5) is 17.6. The van der Waals surface area contributed by atoms with Crippen LogP contribution in [0.25, 0.3) is 5.65 Å². The Balaban J connectivity index is 1.82. The second-order valence-corrected chi connectivity index (χ2v) is 9.16. The Morgan fingerprint density at radius 1 is 1.14 bits per heavy atom. The molecule has 0 fully saturated rings. The fraction of sp³-hybridized carbons (Fsp3) is 0.458. The standard InChI is InChI=1S/C24H32N4O/c1-16(2)22-19(15-25-21-14-20(24(4,5)6)27-28(21)22)23(29)26-17(3)12-13-18-10-8-7-9-11-18/h7-11,14-17H,12-13H2,1-6H3,(H,26,29)/t17-/m0/s1. The maximum absolute atomic E-state index is 13.0. The summed E-state index contributed by atoms with van der Waals surface area (Å²) in [7, 11) is 0. The molecule has 0 unspecified atom stereocenters. The van der Waals surface area contributed by atoms with E-state index in [-0.39, 0.29) is 23.3 Å². The van der Waals surface area contributed by atoms with Crippen LogP contribution in [-0.2, 0) is 11.8 Å². The van der Waals surface area contributed by atoms with Crippen molar-refractivity contribution in [1.82, 2.24) is 19.9 Å². The van der Waals surface area contributed by atoms with Gasteiger partial charge < -0.3 is 5.32 Å². The number of rotatable bonds is 6. The molecule has 1 atom stereocenters. The molecule has 1 N–H and O–H groups in total. The Morgan fingerprint density at radius 2 is 1.83 bits per heavy atom. The van der Waals surface area contributed by atoms with E-state index in [9.17, 15) is 4.79 Å². The average Bonchev–Trinajstić information content (AvgIpc) is 3.11. The zero-order valence-corrected chi connectivity index (χ0v) is 18.4. The summed E-state index contributed by atoms with van der Waals surface area (Å²) in [5.74, 6) is 0.0602. The first-order valence-corrected chi connectivity index (χ1v) is 10.4. The summed E-state index contributed by atoms with van der Waals surface area (Å²) in [6, 6.07) is 12.4. The minimum Gasteiger partial charge on any atom is -0.349 e. The van der Waals surface area contributed by atoms with Gasteiger partial charge in [-0.1, -0.05) is 65.0 Å². The van der Waals surface area contributed by atoms with Gasteiger partial charge in [-0.25, -0.2) is 9.50 Å². The summed E-state index contributed by atoms with van der Waals surface area (Å²) in [6.07, 6.45) is 3.52. The highest BCUT2D eigenvalue weighted by Gasteiger charge is 2.24. The quantitative estimate of drug-likeness (QED) is 0.649. The monoisotopic (exact) mass is 392 g/mol. The molecule has 2 heterocycles. The number of amides is 1. The molecular weight excluding hydrogens is 360 g/mol. The lowest BCUT2D eigenvalue weighted by molar-refractivity contribution is 0.0936. The number of hydrogen-bond donors (Lipinski definition) is 1. The Hall–Kier alpha value is -2.69. The molecule has 3 aromatic rings. The van der Waals surface area contributed by atoms with Crippen LogP contribution in [0, 0.1) is 0 Å². The Labute approximate surface area is 173 Å². The zero-order valence-electron chi connectivity index (χ0n) is 18.4. The third-order valence-electron chi connectivity index (χ3n) is 5.17. The van der Waals surface area contributed by atoms with E-state index < -0.39 is 0 Å². The van der Waals surface area contributed by atoms with Crippen molar-refractivity contribution in [1.29, 1.82) is 0 Å². The smallest absolute Gasteiger partial charge is 0.254 e. The highest BCUT2D eigenvalue weighted by Crippen LogP contribution is 2.25. The van der Waals surface area contributed by atoms with Gasteiger partial charge in [0.25, 0.3) is 5.91 Å². The van der Waals surface area contributed by atoms with Crippen molar-refractivity contribution in [2.75, 3.05) is 0 Å². The van der Waals surface area contributed by atoms with Crippen molar-refractivity contribution in [3.63, 3.8) is 0 Å². The predicted molar refractivity (Wildman–Crippen MR) is 117 cm³/mol. The number of aryl methyl sites for hydroxylation is 1. The van der Waals surface area contributed by atoms with Crippen molar-refractivity contribution in [3.8, 4) is 0 Å². The van der Waals surface area contributed by atoms with Crippen LogP contribution in [0.15, 0.2) is 42.6 Å². The van der Waals surface area contributed by atoms with Crippen molar-refractivity contribution in [2.24, 2.45) is 0 Å². The molecule has 0 aliphatic rings. The number of benzene rings is 1. The van der Waals surface area contributed by atoms with Crippen LogP contribution in [0.1, 0.15) is 81.2 Å². The van der Waals surface area contributed by atoms with Crippen LogP contribution in [0.5, 0.6) is 0 Å². The number of hydrogen-bond acceptors (Lipinski definition) is 3. The Morgan fingerprint density at radius 3 is 2.45 bits per heavy atom. The van der Waals surface area contributed by atoms with Gasteiger partial charge in [-0.3, -0.25) is 4.79 Å². The maximum atomic E-state index is 13.0. The second-order valence-electron chi connectivity index (χ2n) is 9.16. The van der Waals surface area contributed by atoms with E-state index in [4.69, 9.17) is 5.10 Å². The molecular formula is C24H32N4O. The van der Waals surface area contributed by atoms with E-state index in [1.807, 2.05) is 35.7 Å². The lowest BCUT2D eigenvalue weighted by Crippen LogP contribution is -2.34. The maximum Gasteiger partial charge on any atom is 0.254 e. The largest absolute Gasteiger partial charge is 0.349 e. The zero-order chi connectivity index (χ0) is 21.2. The average molecular weight is 393 g/mol. The van der Waals surface area contributed by atoms with Gasteiger partial charge in [-0.15, -0.1) is 0 Å². The van der Waals surface area contributed by atoms with Crippen LogP contribution in [-0.4, -0.2) is 26.5 Å². The molecule has 5 nitrogen and oxygen atoms in total. The molecule has 0 bridgehead atoms. The fourth-order valence-corrected chi connectivity index (χ4v) is 3.45. The van der Waals surface area contributed by atoms with Crippen LogP contribution in [0.4, 0.5) is 0 Å². The van der Waals surface area contributed by atoms with Gasteiger partial charge in [0.15, 0.2) is 5.65 Å². The molecule has 1 aromatic carbocycles. The first kappa shape index (κ1) is 21.0. The van der Waals surface area contributed by atoms with Gasteiger partial charge in [0.1, 0.15) is 0 Å². The van der Waals surface area contributed by atoms with Gasteiger partial charge in [0, 0.05) is 23.7 Å². The summed E-state index contributed by atoms with van der Waals surface area (Å²) in [5, 5.41) is 7.92. The first-order valence-electron chi connectivity index (χ1n) is 10.4. The van der Waals surface area contributed by atoms with Crippen molar-refractivity contribution >= 4 is 11.6 Å². The molecule has 0 radical (unpaired) electrons. The van der Waals surface area contributed by atoms with E-state index in [1.165, 1.54) is 5.56 Å². The third-order valence-corrected chi connectivity index (χ3v) is 5.17. The van der Waals surface area contributed by atoms with Crippen LogP contribution in [0.2, 0.25) is 0 Å². The molecule has 3 rings (SSSR count). The van der Waals surface area contributed by atoms with Crippen molar-refractivity contribution in [3.05, 3.63) is 65.1 Å². The lowest BCUT2D eigenvalue weighted by atomic mass is 9.93. The van der Waals surface area contributed by atoms with E-state index in [2.05, 4.69) is 57.1 Å².